The third-order valence-electron chi connectivity index (χ3n) is 4.17. The van der Waals surface area contributed by atoms with Crippen molar-refractivity contribution in [1.82, 2.24) is 25.3 Å². The second-order valence-corrected chi connectivity index (χ2v) is 6.06. The minimum absolute atomic E-state index is 0.615. The molecule has 1 aliphatic rings. The number of pyridine rings is 2. The molecule has 0 spiro atoms. The maximum atomic E-state index is 6.08. The highest BCUT2D eigenvalue weighted by Crippen LogP contribution is 2.26. The zero-order chi connectivity index (χ0) is 17.8. The van der Waals surface area contributed by atoms with E-state index in [0.29, 0.717) is 17.3 Å². The van der Waals surface area contributed by atoms with Crippen molar-refractivity contribution < 1.29 is 0 Å². The summed E-state index contributed by atoms with van der Waals surface area (Å²) in [6, 6.07) is 5.72. The average Bonchev–Trinajstić information content (AvgIpc) is 2.69. The first-order chi connectivity index (χ1) is 12.8. The number of nitrogens with one attached hydrogen (secondary N) is 2. The van der Waals surface area contributed by atoms with Crippen LogP contribution in [-0.4, -0.2) is 46.1 Å². The van der Waals surface area contributed by atoms with Crippen LogP contribution in [0, 0.1) is 0 Å². The van der Waals surface area contributed by atoms with Gasteiger partial charge in [-0.1, -0.05) is 0 Å². The number of piperazine rings is 1. The Bertz CT molecular complexity index is 877. The lowest BCUT2D eigenvalue weighted by Gasteiger charge is -2.29. The summed E-state index contributed by atoms with van der Waals surface area (Å²) < 4.78 is 0. The molecule has 8 nitrogen and oxygen atoms in total. The largest absolute Gasteiger partial charge is 0.399 e. The van der Waals surface area contributed by atoms with Crippen LogP contribution in [0.15, 0.2) is 49.2 Å². The quantitative estimate of drug-likeness (QED) is 0.654. The van der Waals surface area contributed by atoms with Gasteiger partial charge in [-0.15, -0.1) is 0 Å². The predicted octanol–water partition coefficient (Wildman–Crippen LogP) is 1.67. The van der Waals surface area contributed by atoms with E-state index in [-0.39, 0.29) is 0 Å². The summed E-state index contributed by atoms with van der Waals surface area (Å²) in [6.45, 7) is 3.89. The molecule has 8 heteroatoms. The Balaban J connectivity index is 1.63. The van der Waals surface area contributed by atoms with Crippen LogP contribution < -0.4 is 21.3 Å². The van der Waals surface area contributed by atoms with Crippen molar-refractivity contribution in [3.63, 3.8) is 0 Å². The van der Waals surface area contributed by atoms with Gasteiger partial charge in [0.05, 0.1) is 23.8 Å². The minimum atomic E-state index is 0.615. The lowest BCUT2D eigenvalue weighted by atomic mass is 10.1. The number of hydrogen-bond acceptors (Lipinski definition) is 8. The normalized spacial score (nSPS) is 14.2. The highest BCUT2D eigenvalue weighted by atomic mass is 15.2. The van der Waals surface area contributed by atoms with Crippen LogP contribution in [-0.2, 0) is 0 Å². The standard InChI is InChI=1S/C18H20N8/c19-14-8-16(24-17(9-14)25-18-12-21-1-2-23-18)13-7-15(11-22-10-13)26-5-3-20-4-6-26/h1-2,7-12,20H,3-6H2,(H3,19,23,24,25). The highest BCUT2D eigenvalue weighted by molar-refractivity contribution is 5.70. The molecule has 3 aromatic rings. The summed E-state index contributed by atoms with van der Waals surface area (Å²) in [5.41, 5.74) is 9.48. The molecule has 0 aliphatic carbocycles. The molecule has 4 N–H and O–H groups in total. The van der Waals surface area contributed by atoms with Crippen LogP contribution in [0.25, 0.3) is 11.3 Å². The second kappa shape index (κ2) is 7.32. The molecule has 4 heterocycles. The maximum absolute atomic E-state index is 6.08. The van der Waals surface area contributed by atoms with Crippen molar-refractivity contribution >= 4 is 23.0 Å². The van der Waals surface area contributed by atoms with Crippen molar-refractivity contribution in [1.29, 1.82) is 0 Å². The van der Waals surface area contributed by atoms with E-state index in [1.54, 1.807) is 30.9 Å². The summed E-state index contributed by atoms with van der Waals surface area (Å²) in [6.07, 6.45) is 8.57. The van der Waals surface area contributed by atoms with Gasteiger partial charge in [0.1, 0.15) is 11.6 Å². The molecule has 0 unspecified atom stereocenters. The lowest BCUT2D eigenvalue weighted by molar-refractivity contribution is 0.589. The summed E-state index contributed by atoms with van der Waals surface area (Å²) >= 11 is 0. The Labute approximate surface area is 151 Å². The van der Waals surface area contributed by atoms with Gasteiger partial charge < -0.3 is 21.3 Å². The van der Waals surface area contributed by atoms with Gasteiger partial charge >= 0.3 is 0 Å². The van der Waals surface area contributed by atoms with Crippen LogP contribution in [0.1, 0.15) is 0 Å². The smallest absolute Gasteiger partial charge is 0.150 e. The van der Waals surface area contributed by atoms with E-state index >= 15 is 0 Å². The molecular weight excluding hydrogens is 328 g/mol. The number of hydrogen-bond donors (Lipinski definition) is 3. The fraction of sp³-hybridized carbons (Fsp3) is 0.222. The average molecular weight is 348 g/mol. The molecule has 132 valence electrons. The van der Waals surface area contributed by atoms with Crippen molar-refractivity contribution in [2.45, 2.75) is 0 Å². The third-order valence-corrected chi connectivity index (χ3v) is 4.17. The first-order valence-corrected chi connectivity index (χ1v) is 8.50. The number of anilines is 4. The summed E-state index contributed by atoms with van der Waals surface area (Å²) in [4.78, 5) is 19.6. The van der Waals surface area contributed by atoms with Gasteiger partial charge in [0, 0.05) is 62.1 Å². The Hall–Kier alpha value is -3.26. The van der Waals surface area contributed by atoms with Crippen LogP contribution in [0.3, 0.4) is 0 Å². The molecule has 0 bridgehead atoms. The zero-order valence-electron chi connectivity index (χ0n) is 14.3. The Kier molecular flexibility index (Phi) is 4.57. The molecule has 0 radical (unpaired) electrons. The Morgan fingerprint density at radius 2 is 1.85 bits per heavy atom. The van der Waals surface area contributed by atoms with E-state index in [1.165, 1.54) is 0 Å². The van der Waals surface area contributed by atoms with Crippen LogP contribution >= 0.6 is 0 Å². The van der Waals surface area contributed by atoms with Gasteiger partial charge in [0.2, 0.25) is 0 Å². The van der Waals surface area contributed by atoms with E-state index in [0.717, 1.165) is 43.1 Å². The number of nitrogens with zero attached hydrogens (tertiary/aromatic N) is 5. The van der Waals surface area contributed by atoms with Crippen LogP contribution in [0.5, 0.6) is 0 Å². The zero-order valence-corrected chi connectivity index (χ0v) is 14.3. The van der Waals surface area contributed by atoms with Gasteiger partial charge in [0.15, 0.2) is 0 Å². The van der Waals surface area contributed by atoms with E-state index in [2.05, 4.69) is 41.5 Å². The first kappa shape index (κ1) is 16.2. The van der Waals surface area contributed by atoms with Gasteiger partial charge in [0.25, 0.3) is 0 Å². The molecule has 0 saturated carbocycles. The molecular formula is C18H20N8. The summed E-state index contributed by atoms with van der Waals surface area (Å²) in [5.74, 6) is 1.23. The second-order valence-electron chi connectivity index (χ2n) is 6.06. The van der Waals surface area contributed by atoms with Crippen molar-refractivity contribution in [2.75, 3.05) is 42.1 Å². The molecule has 0 aromatic carbocycles. The predicted molar refractivity (Wildman–Crippen MR) is 102 cm³/mol. The molecule has 1 saturated heterocycles. The van der Waals surface area contributed by atoms with Gasteiger partial charge in [-0.3, -0.25) is 9.97 Å². The molecule has 1 fully saturated rings. The topological polar surface area (TPSA) is 105 Å². The lowest BCUT2D eigenvalue weighted by Crippen LogP contribution is -2.43. The molecule has 4 rings (SSSR count). The number of nitrogen functional groups attached to an aromatic ring is 1. The third kappa shape index (κ3) is 3.70. The number of nitrogens with two attached hydrogens (primary N) is 1. The summed E-state index contributed by atoms with van der Waals surface area (Å²) in [7, 11) is 0. The summed E-state index contributed by atoms with van der Waals surface area (Å²) in [5, 5.41) is 6.49. The van der Waals surface area contributed by atoms with E-state index in [9.17, 15) is 0 Å². The van der Waals surface area contributed by atoms with Crippen molar-refractivity contribution in [3.8, 4) is 11.3 Å². The van der Waals surface area contributed by atoms with Crippen LogP contribution in [0.2, 0.25) is 0 Å². The van der Waals surface area contributed by atoms with Gasteiger partial charge in [-0.2, -0.15) is 0 Å². The van der Waals surface area contributed by atoms with Gasteiger partial charge in [-0.25, -0.2) is 9.97 Å². The van der Waals surface area contributed by atoms with Gasteiger partial charge in [-0.05, 0) is 12.1 Å². The Morgan fingerprint density at radius 1 is 0.962 bits per heavy atom. The number of aromatic nitrogens is 4. The molecule has 0 amide bonds. The highest BCUT2D eigenvalue weighted by Gasteiger charge is 2.12. The van der Waals surface area contributed by atoms with E-state index < -0.39 is 0 Å². The first-order valence-electron chi connectivity index (χ1n) is 8.50. The minimum Gasteiger partial charge on any atom is -0.399 e. The molecule has 26 heavy (non-hydrogen) atoms. The maximum Gasteiger partial charge on any atom is 0.150 e. The molecule has 1 aliphatic heterocycles. The Morgan fingerprint density at radius 3 is 2.65 bits per heavy atom. The fourth-order valence-corrected chi connectivity index (χ4v) is 2.92. The van der Waals surface area contributed by atoms with Crippen molar-refractivity contribution in [3.05, 3.63) is 49.2 Å². The van der Waals surface area contributed by atoms with E-state index in [4.69, 9.17) is 5.73 Å². The molecule has 0 atom stereocenters. The fourth-order valence-electron chi connectivity index (χ4n) is 2.92. The SMILES string of the molecule is Nc1cc(Nc2cnccn2)nc(-c2cncc(N3CCNCC3)c2)c1. The molecule has 3 aromatic heterocycles. The van der Waals surface area contributed by atoms with Crippen molar-refractivity contribution in [2.24, 2.45) is 0 Å². The number of rotatable bonds is 4. The monoisotopic (exact) mass is 348 g/mol. The van der Waals surface area contributed by atoms with Crippen LogP contribution in [0.4, 0.5) is 23.0 Å². The van der Waals surface area contributed by atoms with E-state index in [1.807, 2.05) is 12.3 Å².